The van der Waals surface area contributed by atoms with Gasteiger partial charge >= 0.3 is 0 Å². The number of halogens is 1. The number of guanidine groups is 1. The molecule has 1 N–H and O–H groups in total. The summed E-state index contributed by atoms with van der Waals surface area (Å²) in [7, 11) is -1.52. The number of rotatable bonds is 8. The van der Waals surface area contributed by atoms with Crippen LogP contribution in [0.2, 0.25) is 0 Å². The molecule has 0 aromatic heterocycles. The molecule has 0 saturated carbocycles. The normalized spacial score (nSPS) is 16.0. The maximum absolute atomic E-state index is 13.1. The van der Waals surface area contributed by atoms with Crippen LogP contribution in [0.5, 0.6) is 0 Å². The molecular weight excluding hydrogens is 381 g/mol. The number of hydrogen-bond acceptors (Lipinski definition) is 4. The topological polar surface area (TPSA) is 68.2 Å². The average Bonchev–Trinajstić information content (AvgIpc) is 2.71. The molecule has 0 bridgehead atoms. The quantitative estimate of drug-likeness (QED) is 0.398. The monoisotopic (exact) mass is 413 g/mol. The van der Waals surface area contributed by atoms with Gasteiger partial charge in [-0.3, -0.25) is 4.99 Å². The highest BCUT2D eigenvalue weighted by Crippen LogP contribution is 2.17. The lowest BCUT2D eigenvalue weighted by Crippen LogP contribution is -2.52. The maximum atomic E-state index is 13.1. The van der Waals surface area contributed by atoms with Gasteiger partial charge in [0.1, 0.15) is 5.82 Å². The number of nitrogens with one attached hydrogen (secondary N) is 1. The van der Waals surface area contributed by atoms with E-state index in [9.17, 15) is 12.8 Å². The minimum atomic E-state index is -3.14. The number of benzene rings is 1. The molecule has 9 heteroatoms. The summed E-state index contributed by atoms with van der Waals surface area (Å²) < 4.78 is 38.1. The first kappa shape index (κ1) is 22.4. The molecule has 1 aromatic rings. The molecule has 28 heavy (non-hydrogen) atoms. The van der Waals surface area contributed by atoms with E-state index in [4.69, 9.17) is 0 Å². The standard InChI is InChI=1S/C19H32FN5O2S/c1-4-21-19(22-11-6-12-23(3)28(26,27)5-2)25-15-13-24(14-16-25)18-9-7-17(20)8-10-18/h7-10H,4-6,11-16H2,1-3H3,(H,21,22). The number of anilines is 1. The highest BCUT2D eigenvalue weighted by atomic mass is 32.2. The van der Waals surface area contributed by atoms with Crippen molar-refractivity contribution >= 4 is 21.7 Å². The minimum Gasteiger partial charge on any atom is -0.368 e. The lowest BCUT2D eigenvalue weighted by Gasteiger charge is -2.37. The Morgan fingerprint density at radius 3 is 2.39 bits per heavy atom. The molecular formula is C19H32FN5O2S. The molecule has 1 aromatic carbocycles. The van der Waals surface area contributed by atoms with Gasteiger partial charge in [-0.05, 0) is 44.5 Å². The van der Waals surface area contributed by atoms with E-state index >= 15 is 0 Å². The number of nitrogens with zero attached hydrogens (tertiary/aromatic N) is 4. The summed E-state index contributed by atoms with van der Waals surface area (Å²) >= 11 is 0. The molecule has 1 saturated heterocycles. The van der Waals surface area contributed by atoms with Crippen molar-refractivity contribution < 1.29 is 12.8 Å². The van der Waals surface area contributed by atoms with Crippen LogP contribution in [-0.4, -0.2) is 82.2 Å². The Morgan fingerprint density at radius 2 is 1.82 bits per heavy atom. The molecule has 1 heterocycles. The summed E-state index contributed by atoms with van der Waals surface area (Å²) in [6.07, 6.45) is 0.681. The van der Waals surface area contributed by atoms with Crippen molar-refractivity contribution in [1.82, 2.24) is 14.5 Å². The lowest BCUT2D eigenvalue weighted by molar-refractivity contribution is 0.372. The van der Waals surface area contributed by atoms with E-state index in [-0.39, 0.29) is 11.6 Å². The van der Waals surface area contributed by atoms with Gasteiger partial charge in [-0.25, -0.2) is 17.1 Å². The zero-order valence-electron chi connectivity index (χ0n) is 17.1. The fraction of sp³-hybridized carbons (Fsp3) is 0.632. The predicted octanol–water partition coefficient (Wildman–Crippen LogP) is 1.58. The average molecular weight is 414 g/mol. The van der Waals surface area contributed by atoms with Crippen molar-refractivity contribution in [3.05, 3.63) is 30.1 Å². The highest BCUT2D eigenvalue weighted by molar-refractivity contribution is 7.89. The third-order valence-corrected chi connectivity index (χ3v) is 6.70. The summed E-state index contributed by atoms with van der Waals surface area (Å²) in [6, 6.07) is 6.60. The third-order valence-electron chi connectivity index (χ3n) is 4.84. The molecule has 1 fully saturated rings. The molecule has 0 atom stereocenters. The summed E-state index contributed by atoms with van der Waals surface area (Å²) in [6.45, 7) is 8.84. The van der Waals surface area contributed by atoms with Gasteiger partial charge in [-0.1, -0.05) is 0 Å². The van der Waals surface area contributed by atoms with Gasteiger partial charge in [0.15, 0.2) is 5.96 Å². The van der Waals surface area contributed by atoms with Gasteiger partial charge < -0.3 is 15.1 Å². The second kappa shape index (κ2) is 10.6. The smallest absolute Gasteiger partial charge is 0.213 e. The van der Waals surface area contributed by atoms with E-state index in [1.54, 1.807) is 14.0 Å². The Morgan fingerprint density at radius 1 is 1.18 bits per heavy atom. The Labute approximate surface area is 168 Å². The fourth-order valence-corrected chi connectivity index (χ4v) is 3.94. The van der Waals surface area contributed by atoms with E-state index in [2.05, 4.69) is 20.1 Å². The molecule has 1 aliphatic rings. The number of piperazine rings is 1. The van der Waals surface area contributed by atoms with Crippen molar-refractivity contribution in [2.75, 3.05) is 63.5 Å². The Hall–Kier alpha value is -1.87. The van der Waals surface area contributed by atoms with Crippen LogP contribution in [0.15, 0.2) is 29.3 Å². The van der Waals surface area contributed by atoms with Crippen molar-refractivity contribution in [2.45, 2.75) is 20.3 Å². The molecule has 1 aliphatic heterocycles. The van der Waals surface area contributed by atoms with Crippen molar-refractivity contribution in [3.63, 3.8) is 0 Å². The van der Waals surface area contributed by atoms with Crippen molar-refractivity contribution in [2.24, 2.45) is 4.99 Å². The number of aliphatic imine (C=N–C) groups is 1. The van der Waals surface area contributed by atoms with Gasteiger partial charge in [-0.15, -0.1) is 0 Å². The molecule has 2 rings (SSSR count). The van der Waals surface area contributed by atoms with Gasteiger partial charge in [0, 0.05) is 58.5 Å². The molecule has 0 amide bonds. The molecule has 0 radical (unpaired) electrons. The molecule has 0 unspecified atom stereocenters. The fourth-order valence-electron chi connectivity index (χ4n) is 3.09. The molecule has 7 nitrogen and oxygen atoms in total. The minimum absolute atomic E-state index is 0.119. The zero-order valence-corrected chi connectivity index (χ0v) is 17.9. The van der Waals surface area contributed by atoms with Gasteiger partial charge in [0.25, 0.3) is 0 Å². The van der Waals surface area contributed by atoms with E-state index in [0.29, 0.717) is 19.5 Å². The Bertz CT molecular complexity index is 731. The number of hydrogen-bond donors (Lipinski definition) is 1. The molecule has 0 aliphatic carbocycles. The zero-order chi connectivity index (χ0) is 20.6. The first-order valence-corrected chi connectivity index (χ1v) is 11.5. The third kappa shape index (κ3) is 6.34. The van der Waals surface area contributed by atoms with E-state index < -0.39 is 10.0 Å². The first-order valence-electron chi connectivity index (χ1n) is 9.85. The maximum Gasteiger partial charge on any atom is 0.213 e. The largest absolute Gasteiger partial charge is 0.368 e. The van der Waals surface area contributed by atoms with Crippen molar-refractivity contribution in [3.8, 4) is 0 Å². The Kier molecular flexibility index (Phi) is 8.50. The number of sulfonamides is 1. The predicted molar refractivity (Wildman–Crippen MR) is 113 cm³/mol. The Balaban J connectivity index is 1.86. The van der Waals surface area contributed by atoms with Crippen LogP contribution in [0.4, 0.5) is 10.1 Å². The summed E-state index contributed by atoms with van der Waals surface area (Å²) in [5, 5.41) is 3.32. The summed E-state index contributed by atoms with van der Waals surface area (Å²) in [5.41, 5.74) is 1.03. The van der Waals surface area contributed by atoms with Crippen molar-refractivity contribution in [1.29, 1.82) is 0 Å². The van der Waals surface area contributed by atoms with Crippen LogP contribution in [0, 0.1) is 5.82 Å². The summed E-state index contributed by atoms with van der Waals surface area (Å²) in [4.78, 5) is 9.13. The summed E-state index contributed by atoms with van der Waals surface area (Å²) in [5.74, 6) is 0.761. The van der Waals surface area contributed by atoms with Crippen LogP contribution in [0.1, 0.15) is 20.3 Å². The van der Waals surface area contributed by atoms with Gasteiger partial charge in [0.2, 0.25) is 10.0 Å². The second-order valence-corrected chi connectivity index (χ2v) is 9.13. The van der Waals surface area contributed by atoms with E-state index in [1.807, 2.05) is 19.1 Å². The second-order valence-electron chi connectivity index (χ2n) is 6.76. The van der Waals surface area contributed by atoms with Crippen LogP contribution in [0.3, 0.4) is 0 Å². The van der Waals surface area contributed by atoms with Crippen LogP contribution in [-0.2, 0) is 10.0 Å². The first-order chi connectivity index (χ1) is 13.4. The van der Waals surface area contributed by atoms with E-state index in [0.717, 1.165) is 44.4 Å². The molecule has 0 spiro atoms. The van der Waals surface area contributed by atoms with Gasteiger partial charge in [0.05, 0.1) is 5.75 Å². The highest BCUT2D eigenvalue weighted by Gasteiger charge is 2.20. The van der Waals surface area contributed by atoms with Crippen LogP contribution >= 0.6 is 0 Å². The van der Waals surface area contributed by atoms with Crippen LogP contribution < -0.4 is 10.2 Å². The van der Waals surface area contributed by atoms with E-state index in [1.165, 1.54) is 16.4 Å². The molecule has 158 valence electrons. The SMILES string of the molecule is CCNC(=NCCCN(C)S(=O)(=O)CC)N1CCN(c2ccc(F)cc2)CC1. The van der Waals surface area contributed by atoms with Gasteiger partial charge in [-0.2, -0.15) is 0 Å². The lowest BCUT2D eigenvalue weighted by atomic mass is 10.2. The van der Waals surface area contributed by atoms with Crippen LogP contribution in [0.25, 0.3) is 0 Å².